The van der Waals surface area contributed by atoms with Crippen LogP contribution in [-0.4, -0.2) is 21.7 Å². The Balaban J connectivity index is 2.06. The minimum absolute atomic E-state index is 0.0687. The summed E-state index contributed by atoms with van der Waals surface area (Å²) in [5.74, 6) is 0. The molecule has 0 aliphatic heterocycles. The summed E-state index contributed by atoms with van der Waals surface area (Å²) in [7, 11) is -3.74. The van der Waals surface area contributed by atoms with E-state index in [4.69, 9.17) is 0 Å². The summed E-state index contributed by atoms with van der Waals surface area (Å²) >= 11 is 2.27. The van der Waals surface area contributed by atoms with E-state index in [1.165, 1.54) is 24.4 Å². The number of benzene rings is 2. The summed E-state index contributed by atoms with van der Waals surface area (Å²) in [5.41, 5.74) is 1.43. The molecular formula is C16H13IN2O4S. The molecule has 8 heteroatoms. The van der Waals surface area contributed by atoms with E-state index in [1.54, 1.807) is 18.2 Å². The number of halogens is 1. The number of hydrogen-bond acceptors (Lipinski definition) is 4. The standard InChI is InChI=1S/C16H13IN2O4S/c17-9-7-12-1-4-15(5-2-12)24(22,23)18-10-8-13-11-14(19(20)21)3-6-16(13)18/h1-6,8,10-11H,7,9H2. The van der Waals surface area contributed by atoms with Gasteiger partial charge in [0.2, 0.25) is 0 Å². The second-order valence-electron chi connectivity index (χ2n) is 5.20. The van der Waals surface area contributed by atoms with Gasteiger partial charge in [0, 0.05) is 28.1 Å². The summed E-state index contributed by atoms with van der Waals surface area (Å²) in [5, 5.41) is 11.3. The van der Waals surface area contributed by atoms with Crippen LogP contribution >= 0.6 is 22.6 Å². The topological polar surface area (TPSA) is 82.2 Å². The van der Waals surface area contributed by atoms with Gasteiger partial charge >= 0.3 is 0 Å². The Bertz CT molecular complexity index is 1010. The number of nitrogens with zero attached hydrogens (tertiary/aromatic N) is 2. The van der Waals surface area contributed by atoms with E-state index in [-0.39, 0.29) is 10.6 Å². The number of nitro benzene ring substituents is 1. The van der Waals surface area contributed by atoms with Crippen molar-refractivity contribution < 1.29 is 13.3 Å². The van der Waals surface area contributed by atoms with Gasteiger partial charge in [-0.15, -0.1) is 0 Å². The van der Waals surface area contributed by atoms with E-state index in [2.05, 4.69) is 22.6 Å². The van der Waals surface area contributed by atoms with Crippen LogP contribution in [-0.2, 0) is 16.4 Å². The monoisotopic (exact) mass is 456 g/mol. The molecule has 0 saturated carbocycles. The van der Waals surface area contributed by atoms with Gasteiger partial charge < -0.3 is 0 Å². The molecule has 0 spiro atoms. The number of alkyl halides is 1. The molecule has 3 rings (SSSR count). The van der Waals surface area contributed by atoms with E-state index in [9.17, 15) is 18.5 Å². The summed E-state index contributed by atoms with van der Waals surface area (Å²) in [6.07, 6.45) is 2.31. The first-order valence-electron chi connectivity index (χ1n) is 7.09. The summed E-state index contributed by atoms with van der Waals surface area (Å²) in [6.45, 7) is 0. The molecule has 0 aliphatic rings. The Kier molecular flexibility index (Phi) is 4.59. The molecule has 2 aromatic carbocycles. The molecule has 1 aromatic heterocycles. The van der Waals surface area contributed by atoms with Crippen molar-refractivity contribution in [3.63, 3.8) is 0 Å². The molecule has 6 nitrogen and oxygen atoms in total. The van der Waals surface area contributed by atoms with Crippen molar-refractivity contribution in [3.05, 3.63) is 70.4 Å². The number of nitro groups is 1. The molecule has 1 heterocycles. The van der Waals surface area contributed by atoms with Gasteiger partial charge in [-0.1, -0.05) is 34.7 Å². The Morgan fingerprint density at radius 2 is 1.79 bits per heavy atom. The maximum Gasteiger partial charge on any atom is 0.270 e. The van der Waals surface area contributed by atoms with Crippen LogP contribution in [0.2, 0.25) is 0 Å². The second-order valence-corrected chi connectivity index (χ2v) is 8.09. The van der Waals surface area contributed by atoms with Gasteiger partial charge in [-0.25, -0.2) is 12.4 Å². The molecule has 0 amide bonds. The van der Waals surface area contributed by atoms with E-state index in [0.29, 0.717) is 10.9 Å². The quantitative estimate of drug-likeness (QED) is 0.253. The largest absolute Gasteiger partial charge is 0.270 e. The smallest absolute Gasteiger partial charge is 0.258 e. The average Bonchev–Trinajstić information content (AvgIpc) is 2.99. The summed E-state index contributed by atoms with van der Waals surface area (Å²) in [6, 6.07) is 12.5. The van der Waals surface area contributed by atoms with Gasteiger partial charge in [0.15, 0.2) is 0 Å². The van der Waals surface area contributed by atoms with Gasteiger partial charge in [-0.2, -0.15) is 0 Å². The maximum absolute atomic E-state index is 12.8. The lowest BCUT2D eigenvalue weighted by atomic mass is 10.2. The fourth-order valence-electron chi connectivity index (χ4n) is 2.48. The van der Waals surface area contributed by atoms with Gasteiger partial charge in [0.1, 0.15) is 0 Å². The number of aromatic nitrogens is 1. The highest BCUT2D eigenvalue weighted by atomic mass is 127. The van der Waals surface area contributed by atoms with Gasteiger partial charge in [0.25, 0.3) is 15.7 Å². The van der Waals surface area contributed by atoms with Crippen molar-refractivity contribution in [2.24, 2.45) is 0 Å². The van der Waals surface area contributed by atoms with Crippen LogP contribution in [0.3, 0.4) is 0 Å². The van der Waals surface area contributed by atoms with Crippen LogP contribution < -0.4 is 0 Å². The van der Waals surface area contributed by atoms with E-state index in [1.807, 2.05) is 12.1 Å². The van der Waals surface area contributed by atoms with Crippen molar-refractivity contribution in [1.29, 1.82) is 0 Å². The van der Waals surface area contributed by atoms with Crippen LogP contribution in [0.15, 0.2) is 59.6 Å². The minimum atomic E-state index is -3.74. The number of aryl methyl sites for hydroxylation is 1. The molecule has 24 heavy (non-hydrogen) atoms. The first kappa shape index (κ1) is 16.9. The summed E-state index contributed by atoms with van der Waals surface area (Å²) in [4.78, 5) is 10.5. The van der Waals surface area contributed by atoms with Crippen molar-refractivity contribution in [2.45, 2.75) is 11.3 Å². The van der Waals surface area contributed by atoms with Crippen LogP contribution in [0.4, 0.5) is 5.69 Å². The third-order valence-corrected chi connectivity index (χ3v) is 5.96. The number of rotatable bonds is 5. The normalized spacial score (nSPS) is 11.7. The zero-order chi connectivity index (χ0) is 17.3. The fraction of sp³-hybridized carbons (Fsp3) is 0.125. The lowest BCUT2D eigenvalue weighted by Crippen LogP contribution is -2.11. The average molecular weight is 456 g/mol. The molecule has 3 aromatic rings. The van der Waals surface area contributed by atoms with E-state index in [0.717, 1.165) is 20.4 Å². The molecule has 0 saturated heterocycles. The fourth-order valence-corrected chi connectivity index (χ4v) is 4.45. The van der Waals surface area contributed by atoms with Crippen molar-refractivity contribution in [3.8, 4) is 0 Å². The Morgan fingerprint density at radius 1 is 1.08 bits per heavy atom. The molecule has 0 unspecified atom stereocenters. The number of hydrogen-bond donors (Lipinski definition) is 0. The highest BCUT2D eigenvalue weighted by Gasteiger charge is 2.19. The molecule has 0 aliphatic carbocycles. The van der Waals surface area contributed by atoms with Gasteiger partial charge in [0.05, 0.1) is 15.3 Å². The number of non-ortho nitro benzene ring substituents is 1. The second kappa shape index (κ2) is 6.52. The third kappa shape index (κ3) is 3.03. The Labute approximate surface area is 152 Å². The van der Waals surface area contributed by atoms with Crippen LogP contribution in [0.1, 0.15) is 5.56 Å². The Morgan fingerprint density at radius 3 is 2.42 bits per heavy atom. The minimum Gasteiger partial charge on any atom is -0.258 e. The molecule has 0 fully saturated rings. The zero-order valence-electron chi connectivity index (χ0n) is 12.4. The van der Waals surface area contributed by atoms with Crippen molar-refractivity contribution >= 4 is 49.2 Å². The lowest BCUT2D eigenvalue weighted by molar-refractivity contribution is -0.384. The SMILES string of the molecule is O=[N+]([O-])c1ccc2c(ccn2S(=O)(=O)c2ccc(CCI)cc2)c1. The lowest BCUT2D eigenvalue weighted by Gasteiger charge is -2.08. The predicted molar refractivity (Wildman–Crippen MR) is 100 cm³/mol. The first-order chi connectivity index (χ1) is 11.4. The van der Waals surface area contributed by atoms with Gasteiger partial charge in [-0.3, -0.25) is 10.1 Å². The number of fused-ring (bicyclic) bond motifs is 1. The molecule has 0 radical (unpaired) electrons. The summed E-state index contributed by atoms with van der Waals surface area (Å²) < 4.78 is 27.8. The van der Waals surface area contributed by atoms with Crippen LogP contribution in [0.25, 0.3) is 10.9 Å². The highest BCUT2D eigenvalue weighted by Crippen LogP contribution is 2.25. The molecule has 0 atom stereocenters. The molecule has 0 bridgehead atoms. The molecule has 0 N–H and O–H groups in total. The van der Waals surface area contributed by atoms with Gasteiger partial charge in [-0.05, 0) is 36.2 Å². The first-order valence-corrected chi connectivity index (χ1v) is 10.1. The zero-order valence-corrected chi connectivity index (χ0v) is 15.4. The van der Waals surface area contributed by atoms with Crippen molar-refractivity contribution in [2.75, 3.05) is 4.43 Å². The van der Waals surface area contributed by atoms with E-state index >= 15 is 0 Å². The molecular weight excluding hydrogens is 443 g/mol. The van der Waals surface area contributed by atoms with Crippen LogP contribution in [0, 0.1) is 10.1 Å². The Hall–Kier alpha value is -1.94. The predicted octanol–water partition coefficient (Wildman–Crippen LogP) is 3.76. The third-order valence-electron chi connectivity index (χ3n) is 3.71. The maximum atomic E-state index is 12.8. The molecule has 124 valence electrons. The van der Waals surface area contributed by atoms with Crippen LogP contribution in [0.5, 0.6) is 0 Å². The van der Waals surface area contributed by atoms with E-state index < -0.39 is 14.9 Å². The van der Waals surface area contributed by atoms with Crippen molar-refractivity contribution in [1.82, 2.24) is 3.97 Å². The highest BCUT2D eigenvalue weighted by molar-refractivity contribution is 14.1.